The summed E-state index contributed by atoms with van der Waals surface area (Å²) < 4.78 is 18.3. The summed E-state index contributed by atoms with van der Waals surface area (Å²) in [4.78, 5) is 11.8. The van der Waals surface area contributed by atoms with Crippen molar-refractivity contribution in [3.8, 4) is 5.75 Å². The third-order valence-corrected chi connectivity index (χ3v) is 3.05. The molecule has 0 bridgehead atoms. The van der Waals surface area contributed by atoms with Gasteiger partial charge in [0.25, 0.3) is 0 Å². The topological polar surface area (TPSA) is 50.4 Å². The van der Waals surface area contributed by atoms with E-state index >= 15 is 0 Å². The maximum absolute atomic E-state index is 13.2. The first kappa shape index (κ1) is 15.1. The van der Waals surface area contributed by atoms with E-state index in [0.717, 1.165) is 0 Å². The quantitative estimate of drug-likeness (QED) is 0.888. The molecule has 0 atom stereocenters. The van der Waals surface area contributed by atoms with E-state index in [1.165, 1.54) is 12.1 Å². The molecular weight excluding hydrogens is 295 g/mol. The molecule has 2 rings (SSSR count). The second-order valence-electron chi connectivity index (χ2n) is 4.26. The molecule has 0 aliphatic heterocycles. The minimum atomic E-state index is -0.530. The molecule has 6 heteroatoms. The van der Waals surface area contributed by atoms with Gasteiger partial charge in [0.15, 0.2) is 0 Å². The molecule has 0 spiro atoms. The van der Waals surface area contributed by atoms with Gasteiger partial charge in [0.05, 0.1) is 18.7 Å². The van der Waals surface area contributed by atoms with Gasteiger partial charge in [0.1, 0.15) is 11.6 Å². The fourth-order valence-corrected chi connectivity index (χ4v) is 1.79. The molecule has 4 nitrogen and oxygen atoms in total. The van der Waals surface area contributed by atoms with Crippen molar-refractivity contribution in [1.29, 1.82) is 0 Å². The molecule has 0 saturated heterocycles. The van der Waals surface area contributed by atoms with Crippen molar-refractivity contribution >= 4 is 28.9 Å². The number of ether oxygens (including phenoxy) is 1. The van der Waals surface area contributed by atoms with Gasteiger partial charge in [-0.1, -0.05) is 11.6 Å². The van der Waals surface area contributed by atoms with Crippen LogP contribution in [0.2, 0.25) is 5.02 Å². The number of rotatable bonds is 5. The van der Waals surface area contributed by atoms with Gasteiger partial charge < -0.3 is 15.4 Å². The van der Waals surface area contributed by atoms with Crippen molar-refractivity contribution in [2.45, 2.75) is 0 Å². The lowest BCUT2D eigenvalue weighted by atomic mass is 10.3. The molecule has 1 amide bonds. The Morgan fingerprint density at radius 3 is 2.48 bits per heavy atom. The summed E-state index contributed by atoms with van der Waals surface area (Å²) >= 11 is 5.58. The number of benzene rings is 2. The van der Waals surface area contributed by atoms with Gasteiger partial charge in [0.2, 0.25) is 5.91 Å². The van der Waals surface area contributed by atoms with E-state index < -0.39 is 5.82 Å². The average Bonchev–Trinajstić information content (AvgIpc) is 2.49. The molecule has 2 N–H and O–H groups in total. The Morgan fingerprint density at radius 1 is 1.19 bits per heavy atom. The van der Waals surface area contributed by atoms with Crippen LogP contribution in [0.15, 0.2) is 42.5 Å². The van der Waals surface area contributed by atoms with E-state index in [1.54, 1.807) is 37.4 Å². The van der Waals surface area contributed by atoms with E-state index in [4.69, 9.17) is 16.3 Å². The minimum absolute atomic E-state index is 0.0209. The predicted octanol–water partition coefficient (Wildman–Crippen LogP) is 3.54. The molecule has 21 heavy (non-hydrogen) atoms. The van der Waals surface area contributed by atoms with Crippen LogP contribution < -0.4 is 15.4 Å². The van der Waals surface area contributed by atoms with E-state index in [0.29, 0.717) is 17.1 Å². The summed E-state index contributed by atoms with van der Waals surface area (Å²) in [6.07, 6.45) is 0. The van der Waals surface area contributed by atoms with Crippen LogP contribution in [0.5, 0.6) is 5.75 Å². The third kappa shape index (κ3) is 4.36. The van der Waals surface area contributed by atoms with Crippen molar-refractivity contribution in [3.63, 3.8) is 0 Å². The molecule has 0 unspecified atom stereocenters. The van der Waals surface area contributed by atoms with Crippen molar-refractivity contribution in [3.05, 3.63) is 53.3 Å². The molecule has 0 aromatic heterocycles. The van der Waals surface area contributed by atoms with Gasteiger partial charge in [-0.05, 0) is 42.5 Å². The number of hydrogen-bond acceptors (Lipinski definition) is 3. The first-order valence-corrected chi connectivity index (χ1v) is 6.59. The highest BCUT2D eigenvalue weighted by Gasteiger charge is 2.04. The number of carbonyl (C=O) groups is 1. The molecule has 0 aliphatic carbocycles. The van der Waals surface area contributed by atoms with Gasteiger partial charge in [-0.2, -0.15) is 0 Å². The van der Waals surface area contributed by atoms with Gasteiger partial charge >= 0.3 is 0 Å². The van der Waals surface area contributed by atoms with E-state index in [1.807, 2.05) is 0 Å². The molecular formula is C15H14ClFN2O2. The summed E-state index contributed by atoms with van der Waals surface area (Å²) in [6, 6.07) is 11.2. The first-order valence-electron chi connectivity index (χ1n) is 6.21. The fourth-order valence-electron chi connectivity index (χ4n) is 1.67. The molecule has 0 radical (unpaired) electrons. The van der Waals surface area contributed by atoms with Gasteiger partial charge in [-0.15, -0.1) is 0 Å². The van der Waals surface area contributed by atoms with E-state index in [-0.39, 0.29) is 17.5 Å². The van der Waals surface area contributed by atoms with Crippen LogP contribution in [-0.2, 0) is 4.79 Å². The second-order valence-corrected chi connectivity index (χ2v) is 4.67. The van der Waals surface area contributed by atoms with Crippen LogP contribution in [-0.4, -0.2) is 19.6 Å². The number of anilines is 2. The Balaban J connectivity index is 1.87. The lowest BCUT2D eigenvalue weighted by Gasteiger charge is -2.08. The highest BCUT2D eigenvalue weighted by molar-refractivity contribution is 6.30. The smallest absolute Gasteiger partial charge is 0.243 e. The summed E-state index contributed by atoms with van der Waals surface area (Å²) in [5.74, 6) is -0.0597. The van der Waals surface area contributed by atoms with Crippen LogP contribution in [0.3, 0.4) is 0 Å². The SMILES string of the molecule is COc1ccc(NC(=O)CNc2ccc(Cl)c(F)c2)cc1. The number of halogens is 2. The normalized spacial score (nSPS) is 10.0. The first-order chi connectivity index (χ1) is 10.1. The van der Waals surface area contributed by atoms with Crippen molar-refractivity contribution in [2.75, 3.05) is 24.3 Å². The molecule has 2 aromatic rings. The number of methoxy groups -OCH3 is 1. The summed E-state index contributed by atoms with van der Waals surface area (Å²) in [7, 11) is 1.57. The Hall–Kier alpha value is -2.27. The molecule has 2 aromatic carbocycles. The zero-order valence-corrected chi connectivity index (χ0v) is 12.1. The van der Waals surface area contributed by atoms with Gasteiger partial charge in [0, 0.05) is 11.4 Å². The molecule has 0 saturated carbocycles. The number of nitrogens with one attached hydrogen (secondary N) is 2. The van der Waals surface area contributed by atoms with E-state index in [9.17, 15) is 9.18 Å². The monoisotopic (exact) mass is 308 g/mol. The van der Waals surface area contributed by atoms with Crippen LogP contribution in [0.4, 0.5) is 15.8 Å². The number of hydrogen-bond donors (Lipinski definition) is 2. The van der Waals surface area contributed by atoms with Crippen molar-refractivity contribution < 1.29 is 13.9 Å². The number of carbonyl (C=O) groups excluding carboxylic acids is 1. The standard InChI is InChI=1S/C15H14ClFN2O2/c1-21-12-5-2-10(3-6-12)19-15(20)9-18-11-4-7-13(16)14(17)8-11/h2-8,18H,9H2,1H3,(H,19,20). The Bertz CT molecular complexity index is 632. The van der Waals surface area contributed by atoms with Crippen LogP contribution in [0.25, 0.3) is 0 Å². The summed E-state index contributed by atoms with van der Waals surface area (Å²) in [5, 5.41) is 5.58. The summed E-state index contributed by atoms with van der Waals surface area (Å²) in [6.45, 7) is 0.0209. The second kappa shape index (κ2) is 6.95. The Kier molecular flexibility index (Phi) is 5.00. The zero-order valence-electron chi connectivity index (χ0n) is 11.3. The maximum Gasteiger partial charge on any atom is 0.243 e. The van der Waals surface area contributed by atoms with Crippen LogP contribution in [0.1, 0.15) is 0 Å². The molecule has 110 valence electrons. The lowest BCUT2D eigenvalue weighted by Crippen LogP contribution is -2.21. The predicted molar refractivity (Wildman–Crippen MR) is 81.5 cm³/mol. The van der Waals surface area contributed by atoms with Crippen molar-refractivity contribution in [2.24, 2.45) is 0 Å². The molecule has 0 aliphatic rings. The lowest BCUT2D eigenvalue weighted by molar-refractivity contribution is -0.114. The van der Waals surface area contributed by atoms with Crippen molar-refractivity contribution in [1.82, 2.24) is 0 Å². The third-order valence-electron chi connectivity index (χ3n) is 2.75. The van der Waals surface area contributed by atoms with Gasteiger partial charge in [-0.3, -0.25) is 4.79 Å². The molecule has 0 heterocycles. The molecule has 0 fully saturated rings. The Labute approximate surface area is 126 Å². The summed E-state index contributed by atoms with van der Waals surface area (Å²) in [5.41, 5.74) is 1.15. The Morgan fingerprint density at radius 2 is 1.86 bits per heavy atom. The minimum Gasteiger partial charge on any atom is -0.497 e. The highest BCUT2D eigenvalue weighted by Crippen LogP contribution is 2.18. The zero-order chi connectivity index (χ0) is 15.2. The van der Waals surface area contributed by atoms with Crippen LogP contribution in [0, 0.1) is 5.82 Å². The van der Waals surface area contributed by atoms with Crippen LogP contribution >= 0.6 is 11.6 Å². The van der Waals surface area contributed by atoms with Gasteiger partial charge in [-0.25, -0.2) is 4.39 Å². The number of amides is 1. The fraction of sp³-hybridized carbons (Fsp3) is 0.133. The maximum atomic E-state index is 13.2. The highest BCUT2D eigenvalue weighted by atomic mass is 35.5. The average molecular weight is 309 g/mol. The van der Waals surface area contributed by atoms with E-state index in [2.05, 4.69) is 10.6 Å². The largest absolute Gasteiger partial charge is 0.497 e.